The van der Waals surface area contributed by atoms with Gasteiger partial charge in [-0.05, 0) is 42.7 Å². The number of nitrogens with one attached hydrogen (secondary N) is 2. The number of hydrogen-bond acceptors (Lipinski definition) is 4. The minimum atomic E-state index is 0. The molecule has 2 N–H and O–H groups in total. The zero-order valence-electron chi connectivity index (χ0n) is 18.8. The normalized spacial score (nSPS) is 14.6. The summed E-state index contributed by atoms with van der Waals surface area (Å²) in [5, 5.41) is 6.78. The Hall–Kier alpha value is -1.84. The summed E-state index contributed by atoms with van der Waals surface area (Å²) in [5.41, 5.74) is 5.01. The molecule has 0 amide bonds. The largest absolute Gasteiger partial charge is 0.492 e. The molecule has 1 fully saturated rings. The summed E-state index contributed by atoms with van der Waals surface area (Å²) in [6.45, 7) is 10.9. The number of benzene rings is 2. The van der Waals surface area contributed by atoms with E-state index in [9.17, 15) is 0 Å². The molecule has 31 heavy (non-hydrogen) atoms. The van der Waals surface area contributed by atoms with Gasteiger partial charge in [0.15, 0.2) is 5.96 Å². The highest BCUT2D eigenvalue weighted by Crippen LogP contribution is 2.14. The van der Waals surface area contributed by atoms with Crippen molar-refractivity contribution >= 4 is 29.9 Å². The average Bonchev–Trinajstić information content (AvgIpc) is 2.76. The Bertz CT molecular complexity index is 838. The van der Waals surface area contributed by atoms with Crippen LogP contribution in [-0.2, 0) is 17.8 Å². The van der Waals surface area contributed by atoms with Crippen molar-refractivity contribution in [2.75, 3.05) is 46.5 Å². The zero-order valence-corrected chi connectivity index (χ0v) is 21.1. The number of morpholine rings is 1. The second-order valence-corrected chi connectivity index (χ2v) is 7.66. The molecule has 0 aliphatic carbocycles. The van der Waals surface area contributed by atoms with Crippen LogP contribution in [0.2, 0.25) is 0 Å². The van der Waals surface area contributed by atoms with Gasteiger partial charge in [-0.2, -0.15) is 0 Å². The highest BCUT2D eigenvalue weighted by atomic mass is 127. The van der Waals surface area contributed by atoms with E-state index in [1.165, 1.54) is 16.7 Å². The first-order chi connectivity index (χ1) is 14.6. The first kappa shape index (κ1) is 25.4. The monoisotopic (exact) mass is 538 g/mol. The number of hydrogen-bond donors (Lipinski definition) is 2. The third-order valence-electron chi connectivity index (χ3n) is 5.31. The maximum atomic E-state index is 5.95. The molecule has 0 aromatic heterocycles. The van der Waals surface area contributed by atoms with Crippen molar-refractivity contribution < 1.29 is 9.47 Å². The van der Waals surface area contributed by atoms with Crippen LogP contribution in [0, 0.1) is 13.8 Å². The smallest absolute Gasteiger partial charge is 0.191 e. The van der Waals surface area contributed by atoms with Crippen molar-refractivity contribution in [3.8, 4) is 5.75 Å². The van der Waals surface area contributed by atoms with Crippen molar-refractivity contribution in [2.24, 2.45) is 4.99 Å². The second-order valence-electron chi connectivity index (χ2n) is 7.66. The number of aryl methyl sites for hydroxylation is 2. The first-order valence-electron chi connectivity index (χ1n) is 10.7. The molecule has 0 unspecified atom stereocenters. The lowest BCUT2D eigenvalue weighted by Crippen LogP contribution is -2.38. The lowest BCUT2D eigenvalue weighted by Gasteiger charge is -2.26. The summed E-state index contributed by atoms with van der Waals surface area (Å²) < 4.78 is 11.3. The van der Waals surface area contributed by atoms with Crippen LogP contribution in [0.1, 0.15) is 22.3 Å². The number of halogens is 1. The summed E-state index contributed by atoms with van der Waals surface area (Å²) in [4.78, 5) is 6.71. The van der Waals surface area contributed by atoms with Crippen molar-refractivity contribution in [1.82, 2.24) is 15.5 Å². The predicted molar refractivity (Wildman–Crippen MR) is 138 cm³/mol. The average molecular weight is 538 g/mol. The van der Waals surface area contributed by atoms with Gasteiger partial charge in [-0.3, -0.25) is 9.89 Å². The van der Waals surface area contributed by atoms with Gasteiger partial charge in [-0.1, -0.05) is 35.9 Å². The Balaban J connectivity index is 0.00000341. The third kappa shape index (κ3) is 8.66. The molecule has 6 nitrogen and oxygen atoms in total. The van der Waals surface area contributed by atoms with Crippen LogP contribution in [0.15, 0.2) is 47.5 Å². The highest BCUT2D eigenvalue weighted by molar-refractivity contribution is 14.0. The van der Waals surface area contributed by atoms with E-state index < -0.39 is 0 Å². The maximum Gasteiger partial charge on any atom is 0.191 e. The van der Waals surface area contributed by atoms with Crippen molar-refractivity contribution in [2.45, 2.75) is 26.9 Å². The molecule has 0 spiro atoms. The van der Waals surface area contributed by atoms with Gasteiger partial charge >= 0.3 is 0 Å². The summed E-state index contributed by atoms with van der Waals surface area (Å²) in [7, 11) is 1.79. The Labute approximate surface area is 203 Å². The van der Waals surface area contributed by atoms with Gasteiger partial charge in [0.25, 0.3) is 0 Å². The van der Waals surface area contributed by atoms with Gasteiger partial charge in [-0.15, -0.1) is 24.0 Å². The van der Waals surface area contributed by atoms with Crippen LogP contribution in [0.25, 0.3) is 0 Å². The van der Waals surface area contributed by atoms with Gasteiger partial charge < -0.3 is 20.1 Å². The fourth-order valence-electron chi connectivity index (χ4n) is 3.49. The molecule has 3 rings (SSSR count). The van der Waals surface area contributed by atoms with E-state index in [0.29, 0.717) is 13.2 Å². The quantitative estimate of drug-likeness (QED) is 0.306. The minimum Gasteiger partial charge on any atom is -0.492 e. The maximum absolute atomic E-state index is 5.95. The van der Waals surface area contributed by atoms with E-state index in [1.807, 2.05) is 12.1 Å². The molecule has 0 atom stereocenters. The summed E-state index contributed by atoms with van der Waals surface area (Å²) in [6, 6.07) is 14.7. The highest BCUT2D eigenvalue weighted by Gasteiger charge is 2.10. The van der Waals surface area contributed by atoms with Crippen LogP contribution in [0.5, 0.6) is 5.75 Å². The Kier molecular flexibility index (Phi) is 11.1. The van der Waals surface area contributed by atoms with Gasteiger partial charge in [0.2, 0.25) is 0 Å². The van der Waals surface area contributed by atoms with Crippen LogP contribution in [0.4, 0.5) is 0 Å². The number of nitrogens with zero attached hydrogens (tertiary/aromatic N) is 2. The van der Waals surface area contributed by atoms with Gasteiger partial charge in [0.1, 0.15) is 12.4 Å². The molecule has 1 saturated heterocycles. The van der Waals surface area contributed by atoms with E-state index in [1.54, 1.807) is 7.05 Å². The summed E-state index contributed by atoms with van der Waals surface area (Å²) >= 11 is 0. The van der Waals surface area contributed by atoms with Gasteiger partial charge in [-0.25, -0.2) is 0 Å². The molecule has 2 aromatic carbocycles. The topological polar surface area (TPSA) is 58.1 Å². The molecular weight excluding hydrogens is 503 g/mol. The number of ether oxygens (including phenoxy) is 2. The molecular formula is C24H35IN4O2. The molecule has 1 aliphatic heterocycles. The fourth-order valence-corrected chi connectivity index (χ4v) is 3.49. The fraction of sp³-hybridized carbons (Fsp3) is 0.458. The van der Waals surface area contributed by atoms with E-state index >= 15 is 0 Å². The van der Waals surface area contributed by atoms with Crippen LogP contribution in [0.3, 0.4) is 0 Å². The van der Waals surface area contributed by atoms with E-state index in [4.69, 9.17) is 9.47 Å². The lowest BCUT2D eigenvalue weighted by atomic mass is 10.1. The number of aliphatic imine (C=N–C) groups is 1. The Morgan fingerprint density at radius 2 is 1.84 bits per heavy atom. The molecule has 1 aliphatic rings. The summed E-state index contributed by atoms with van der Waals surface area (Å²) in [6.07, 6.45) is 0. The molecule has 1 heterocycles. The number of guanidine groups is 1. The van der Waals surface area contributed by atoms with Gasteiger partial charge in [0.05, 0.1) is 13.2 Å². The van der Waals surface area contributed by atoms with Crippen molar-refractivity contribution in [3.63, 3.8) is 0 Å². The van der Waals surface area contributed by atoms with Crippen LogP contribution < -0.4 is 15.4 Å². The van der Waals surface area contributed by atoms with Crippen LogP contribution >= 0.6 is 24.0 Å². The first-order valence-corrected chi connectivity index (χ1v) is 10.7. The predicted octanol–water partition coefficient (Wildman–Crippen LogP) is 3.50. The van der Waals surface area contributed by atoms with Crippen LogP contribution in [-0.4, -0.2) is 57.4 Å². The third-order valence-corrected chi connectivity index (χ3v) is 5.31. The molecule has 7 heteroatoms. The Morgan fingerprint density at radius 3 is 2.58 bits per heavy atom. The molecule has 0 bridgehead atoms. The lowest BCUT2D eigenvalue weighted by molar-refractivity contribution is 0.0322. The number of rotatable bonds is 8. The van der Waals surface area contributed by atoms with E-state index in [2.05, 4.69) is 64.7 Å². The standard InChI is InChI=1S/C24H34N4O2.HI/c1-19-7-8-22(20(2)15-19)18-27-24(25-3)26-17-21-5-4-6-23(16-21)30-14-11-28-9-12-29-13-10-28;/h4-8,15-16H,9-14,17-18H2,1-3H3,(H2,25,26,27);1H. The zero-order chi connectivity index (χ0) is 21.2. The molecule has 0 saturated carbocycles. The van der Waals surface area contributed by atoms with Crippen molar-refractivity contribution in [3.05, 3.63) is 64.7 Å². The van der Waals surface area contributed by atoms with Crippen molar-refractivity contribution in [1.29, 1.82) is 0 Å². The van der Waals surface area contributed by atoms with Gasteiger partial charge in [0, 0.05) is 39.8 Å². The molecule has 0 radical (unpaired) electrons. The second kappa shape index (κ2) is 13.5. The van der Waals surface area contributed by atoms with E-state index in [0.717, 1.165) is 56.7 Å². The molecule has 170 valence electrons. The SMILES string of the molecule is CN=C(NCc1cccc(OCCN2CCOCC2)c1)NCc1ccc(C)cc1C.I. The Morgan fingerprint density at radius 1 is 1.06 bits per heavy atom. The summed E-state index contributed by atoms with van der Waals surface area (Å²) in [5.74, 6) is 1.69. The molecule has 2 aromatic rings. The van der Waals surface area contributed by atoms with E-state index in [-0.39, 0.29) is 24.0 Å². The minimum absolute atomic E-state index is 0.